The fourth-order valence-electron chi connectivity index (χ4n) is 3.71. The molecule has 0 aliphatic heterocycles. The van der Waals surface area contributed by atoms with Crippen LogP contribution in [0, 0.1) is 22.7 Å². The van der Waals surface area contributed by atoms with Crippen molar-refractivity contribution in [2.75, 3.05) is 12.4 Å². The number of halogens is 2. The van der Waals surface area contributed by atoms with E-state index in [2.05, 4.69) is 36.9 Å². The summed E-state index contributed by atoms with van der Waals surface area (Å²) in [6.07, 6.45) is 2.72. The summed E-state index contributed by atoms with van der Waals surface area (Å²) in [5.41, 5.74) is 1.93. The molecule has 0 radical (unpaired) electrons. The molecular weight excluding hydrogens is 410 g/mol. The first-order valence-corrected chi connectivity index (χ1v) is 10.4. The van der Waals surface area contributed by atoms with Crippen LogP contribution in [0.2, 0.25) is 0 Å². The van der Waals surface area contributed by atoms with Crippen LogP contribution in [-0.4, -0.2) is 19.6 Å². The molecule has 3 rings (SSSR count). The fraction of sp³-hybridized carbons (Fsp3) is 0.455. The van der Waals surface area contributed by atoms with Crippen LogP contribution in [0.15, 0.2) is 18.2 Å². The molecule has 2 aromatic rings. The normalized spacial score (nSPS) is 16.0. The Morgan fingerprint density at radius 3 is 2.67 bits per heavy atom. The number of thiophene rings is 1. The van der Waals surface area contributed by atoms with Crippen molar-refractivity contribution < 1.29 is 23.0 Å². The van der Waals surface area contributed by atoms with Crippen molar-refractivity contribution in [3.05, 3.63) is 39.8 Å². The summed E-state index contributed by atoms with van der Waals surface area (Å²) in [7, 11) is 1.31. The maximum absolute atomic E-state index is 12.8. The summed E-state index contributed by atoms with van der Waals surface area (Å²) in [6, 6.07) is 6.21. The second-order valence-corrected chi connectivity index (χ2v) is 9.43. The highest BCUT2D eigenvalue weighted by Crippen LogP contribution is 2.44. The summed E-state index contributed by atoms with van der Waals surface area (Å²) in [5, 5.41) is 13.0. The number of hydrogen-bond acceptors (Lipinski definition) is 5. The molecule has 1 N–H and O–H groups in total. The lowest BCUT2D eigenvalue weighted by atomic mass is 9.72. The minimum Gasteiger partial charge on any atom is -0.493 e. The van der Waals surface area contributed by atoms with Crippen LogP contribution in [0.3, 0.4) is 0 Å². The van der Waals surface area contributed by atoms with E-state index in [1.165, 1.54) is 36.6 Å². The molecule has 1 atom stereocenters. The maximum Gasteiger partial charge on any atom is 0.387 e. The lowest BCUT2D eigenvalue weighted by Crippen LogP contribution is -2.26. The number of nitrogens with one attached hydrogen (secondary N) is 1. The summed E-state index contributed by atoms with van der Waals surface area (Å²) in [5.74, 6) is -0.0479. The molecule has 1 heterocycles. The van der Waals surface area contributed by atoms with E-state index in [0.29, 0.717) is 16.5 Å². The summed E-state index contributed by atoms with van der Waals surface area (Å²) < 4.78 is 34.4. The lowest BCUT2D eigenvalue weighted by molar-refractivity contribution is -0.0512. The van der Waals surface area contributed by atoms with E-state index in [1.54, 1.807) is 0 Å². The number of anilines is 1. The average Bonchev–Trinajstić information content (AvgIpc) is 3.03. The van der Waals surface area contributed by atoms with Crippen LogP contribution in [0.4, 0.5) is 13.8 Å². The van der Waals surface area contributed by atoms with Gasteiger partial charge in [0, 0.05) is 10.4 Å². The number of rotatable bonds is 5. The van der Waals surface area contributed by atoms with Gasteiger partial charge in [-0.25, -0.2) is 0 Å². The van der Waals surface area contributed by atoms with Crippen LogP contribution >= 0.6 is 11.3 Å². The van der Waals surface area contributed by atoms with Gasteiger partial charge in [0.15, 0.2) is 11.5 Å². The molecule has 30 heavy (non-hydrogen) atoms. The van der Waals surface area contributed by atoms with Crippen LogP contribution in [0.25, 0.3) is 0 Å². The summed E-state index contributed by atoms with van der Waals surface area (Å²) >= 11 is 1.44. The molecule has 0 bridgehead atoms. The van der Waals surface area contributed by atoms with E-state index in [0.717, 1.165) is 29.7 Å². The number of methoxy groups -OCH3 is 1. The van der Waals surface area contributed by atoms with Crippen molar-refractivity contribution >= 4 is 22.2 Å². The first kappa shape index (κ1) is 22.0. The molecule has 0 unspecified atom stereocenters. The van der Waals surface area contributed by atoms with Crippen molar-refractivity contribution in [3.63, 3.8) is 0 Å². The smallest absolute Gasteiger partial charge is 0.387 e. The topological polar surface area (TPSA) is 71.3 Å². The maximum atomic E-state index is 12.8. The zero-order valence-corrected chi connectivity index (χ0v) is 18.2. The van der Waals surface area contributed by atoms with E-state index >= 15 is 0 Å². The van der Waals surface area contributed by atoms with Gasteiger partial charge in [0.1, 0.15) is 11.1 Å². The lowest BCUT2D eigenvalue weighted by Gasteiger charge is -2.33. The van der Waals surface area contributed by atoms with E-state index in [1.807, 2.05) is 0 Å². The van der Waals surface area contributed by atoms with Crippen molar-refractivity contribution in [1.29, 1.82) is 5.26 Å². The summed E-state index contributed by atoms with van der Waals surface area (Å²) in [4.78, 5) is 13.9. The molecule has 0 spiro atoms. The molecule has 0 saturated heterocycles. The molecule has 8 heteroatoms. The predicted molar refractivity (Wildman–Crippen MR) is 112 cm³/mol. The quantitative estimate of drug-likeness (QED) is 0.662. The molecule has 1 aliphatic rings. The summed E-state index contributed by atoms with van der Waals surface area (Å²) in [6.45, 7) is 3.67. The average molecular weight is 435 g/mol. The van der Waals surface area contributed by atoms with Crippen LogP contribution < -0.4 is 14.8 Å². The Bertz CT molecular complexity index is 989. The fourth-order valence-corrected chi connectivity index (χ4v) is 4.98. The number of hydrogen-bond donors (Lipinski definition) is 1. The Hall–Kier alpha value is -2.66. The van der Waals surface area contributed by atoms with Gasteiger partial charge in [0.05, 0.1) is 12.7 Å². The second kappa shape index (κ2) is 8.60. The standard InChI is InChI=1S/C22H24F2N2O3S/c1-22(2,3)13-6-7-14-15(11-25)20(30-18(14)10-13)26-19(27)12-5-8-16(29-21(23)24)17(9-12)28-4/h5,8-9,13,21H,6-7,10H2,1-4H3,(H,26,27)/t13-/m0/s1. The number of amides is 1. The van der Waals surface area contributed by atoms with Crippen molar-refractivity contribution in [2.45, 2.75) is 46.6 Å². The van der Waals surface area contributed by atoms with Gasteiger partial charge in [-0.05, 0) is 54.4 Å². The molecule has 1 aromatic heterocycles. The van der Waals surface area contributed by atoms with Gasteiger partial charge in [-0.1, -0.05) is 20.8 Å². The van der Waals surface area contributed by atoms with E-state index in [4.69, 9.17) is 4.74 Å². The van der Waals surface area contributed by atoms with E-state index in [-0.39, 0.29) is 22.5 Å². The Morgan fingerprint density at radius 2 is 2.07 bits per heavy atom. The Morgan fingerprint density at radius 1 is 1.33 bits per heavy atom. The third-order valence-corrected chi connectivity index (χ3v) is 6.64. The number of nitriles is 1. The van der Waals surface area contributed by atoms with Crippen molar-refractivity contribution in [3.8, 4) is 17.6 Å². The first-order valence-electron chi connectivity index (χ1n) is 9.62. The van der Waals surface area contributed by atoms with Gasteiger partial charge in [-0.15, -0.1) is 11.3 Å². The number of fused-ring (bicyclic) bond motifs is 1. The predicted octanol–water partition coefficient (Wildman–Crippen LogP) is 5.63. The molecule has 0 saturated carbocycles. The third kappa shape index (κ3) is 4.57. The largest absolute Gasteiger partial charge is 0.493 e. The Labute approximate surface area is 178 Å². The number of nitrogens with zero attached hydrogens (tertiary/aromatic N) is 1. The molecule has 1 amide bonds. The highest BCUT2D eigenvalue weighted by molar-refractivity contribution is 7.16. The second-order valence-electron chi connectivity index (χ2n) is 8.32. The minimum absolute atomic E-state index is 0.0296. The molecule has 0 fully saturated rings. The highest BCUT2D eigenvalue weighted by atomic mass is 32.1. The van der Waals surface area contributed by atoms with Gasteiger partial charge in [-0.3, -0.25) is 4.79 Å². The van der Waals surface area contributed by atoms with Gasteiger partial charge < -0.3 is 14.8 Å². The van der Waals surface area contributed by atoms with Crippen molar-refractivity contribution in [2.24, 2.45) is 11.3 Å². The molecule has 1 aliphatic carbocycles. The third-order valence-electron chi connectivity index (χ3n) is 5.47. The van der Waals surface area contributed by atoms with E-state index < -0.39 is 12.5 Å². The van der Waals surface area contributed by atoms with Gasteiger partial charge in [0.2, 0.25) is 0 Å². The molecule has 160 valence electrons. The van der Waals surface area contributed by atoms with Crippen molar-refractivity contribution in [1.82, 2.24) is 0 Å². The Balaban J connectivity index is 1.84. The van der Waals surface area contributed by atoms with Gasteiger partial charge >= 0.3 is 6.61 Å². The number of ether oxygens (including phenoxy) is 2. The number of carbonyl (C=O) groups is 1. The van der Waals surface area contributed by atoms with Gasteiger partial charge in [0.25, 0.3) is 5.91 Å². The number of alkyl halides is 2. The monoisotopic (exact) mass is 434 g/mol. The molecular formula is C22H24F2N2O3S. The number of carbonyl (C=O) groups excluding carboxylic acids is 1. The highest BCUT2D eigenvalue weighted by Gasteiger charge is 2.32. The SMILES string of the molecule is COc1cc(C(=O)Nc2sc3c(c2C#N)CC[C@H](C(C)(C)C)C3)ccc1OC(F)F. The molecule has 1 aromatic carbocycles. The first-order chi connectivity index (χ1) is 14.1. The number of benzene rings is 1. The van der Waals surface area contributed by atoms with Crippen LogP contribution in [0.5, 0.6) is 11.5 Å². The minimum atomic E-state index is -2.99. The Kier molecular flexibility index (Phi) is 6.32. The van der Waals surface area contributed by atoms with Crippen LogP contribution in [0.1, 0.15) is 53.6 Å². The van der Waals surface area contributed by atoms with Gasteiger partial charge in [-0.2, -0.15) is 14.0 Å². The molecule has 5 nitrogen and oxygen atoms in total. The zero-order chi connectivity index (χ0) is 22.1. The zero-order valence-electron chi connectivity index (χ0n) is 17.3. The van der Waals surface area contributed by atoms with Crippen LogP contribution in [-0.2, 0) is 12.8 Å². The van der Waals surface area contributed by atoms with E-state index in [9.17, 15) is 18.8 Å².